The van der Waals surface area contributed by atoms with Crippen LogP contribution in [0.25, 0.3) is 0 Å². The molecule has 0 unspecified atom stereocenters. The van der Waals surface area contributed by atoms with E-state index in [1.165, 1.54) is 0 Å². The lowest BCUT2D eigenvalue weighted by Gasteiger charge is -2.21. The Balaban J connectivity index is 1.60. The first kappa shape index (κ1) is 20.1. The second-order valence-electron chi connectivity index (χ2n) is 6.67. The molecule has 0 saturated carbocycles. The van der Waals surface area contributed by atoms with Gasteiger partial charge in [0.15, 0.2) is 6.10 Å². The van der Waals surface area contributed by atoms with Crippen molar-refractivity contribution >= 4 is 11.9 Å². The number of hydrogen-bond acceptors (Lipinski definition) is 4. The highest BCUT2D eigenvalue weighted by atomic mass is 16.5. The van der Waals surface area contributed by atoms with Gasteiger partial charge in [-0.2, -0.15) is 0 Å². The molecule has 3 aromatic rings. The van der Waals surface area contributed by atoms with Crippen LogP contribution >= 0.6 is 0 Å². The van der Waals surface area contributed by atoms with Gasteiger partial charge in [-0.1, -0.05) is 54.6 Å². The summed E-state index contributed by atoms with van der Waals surface area (Å²) in [6.07, 6.45) is -0.894. The number of esters is 1. The predicted molar refractivity (Wildman–Crippen MR) is 111 cm³/mol. The lowest BCUT2D eigenvalue weighted by Crippen LogP contribution is -2.37. The van der Waals surface area contributed by atoms with Gasteiger partial charge in [0, 0.05) is 13.6 Å². The summed E-state index contributed by atoms with van der Waals surface area (Å²) < 4.78 is 11.1. The summed E-state index contributed by atoms with van der Waals surface area (Å²) in [5, 5.41) is 0. The van der Waals surface area contributed by atoms with Crippen molar-refractivity contribution in [2.24, 2.45) is 0 Å². The zero-order valence-corrected chi connectivity index (χ0v) is 16.4. The highest BCUT2D eigenvalue weighted by Gasteiger charge is 2.22. The standard InChI is InChI=1S/C24H23NO4/c1-18(23(26)25(2)17-19-10-5-3-6-11-19)28-24(27)20-12-9-15-22(16-20)29-21-13-7-4-8-14-21/h3-16,18H,17H2,1-2H3/t18-/m0/s1. The van der Waals surface area contributed by atoms with Gasteiger partial charge < -0.3 is 14.4 Å². The number of benzene rings is 3. The van der Waals surface area contributed by atoms with E-state index in [4.69, 9.17) is 9.47 Å². The van der Waals surface area contributed by atoms with Gasteiger partial charge in [0.25, 0.3) is 5.91 Å². The molecule has 148 valence electrons. The van der Waals surface area contributed by atoms with E-state index in [-0.39, 0.29) is 5.91 Å². The summed E-state index contributed by atoms with van der Waals surface area (Å²) in [7, 11) is 1.69. The Morgan fingerprint density at radius 1 is 0.862 bits per heavy atom. The molecule has 0 saturated heterocycles. The summed E-state index contributed by atoms with van der Waals surface area (Å²) in [5.41, 5.74) is 1.33. The van der Waals surface area contributed by atoms with Gasteiger partial charge in [-0.25, -0.2) is 4.79 Å². The maximum Gasteiger partial charge on any atom is 0.339 e. The van der Waals surface area contributed by atoms with Crippen LogP contribution in [0, 0.1) is 0 Å². The van der Waals surface area contributed by atoms with Crippen LogP contribution in [0.3, 0.4) is 0 Å². The van der Waals surface area contributed by atoms with E-state index in [1.807, 2.05) is 60.7 Å². The normalized spacial score (nSPS) is 11.4. The molecule has 0 fully saturated rings. The third-order valence-corrected chi connectivity index (χ3v) is 4.32. The Morgan fingerprint density at radius 2 is 1.48 bits per heavy atom. The third-order valence-electron chi connectivity index (χ3n) is 4.32. The fourth-order valence-electron chi connectivity index (χ4n) is 2.84. The summed E-state index contributed by atoms with van der Waals surface area (Å²) >= 11 is 0. The molecule has 5 heteroatoms. The van der Waals surface area contributed by atoms with Crippen LogP contribution in [0.15, 0.2) is 84.9 Å². The van der Waals surface area contributed by atoms with E-state index >= 15 is 0 Å². The number of carbonyl (C=O) groups is 2. The fourth-order valence-corrected chi connectivity index (χ4v) is 2.84. The van der Waals surface area contributed by atoms with Crippen LogP contribution in [0.2, 0.25) is 0 Å². The molecule has 0 heterocycles. The molecule has 0 aromatic heterocycles. The Morgan fingerprint density at radius 3 is 2.17 bits per heavy atom. The van der Waals surface area contributed by atoms with Gasteiger partial charge in [0.2, 0.25) is 0 Å². The number of hydrogen-bond donors (Lipinski definition) is 0. The minimum Gasteiger partial charge on any atom is -0.457 e. The van der Waals surface area contributed by atoms with E-state index in [9.17, 15) is 9.59 Å². The number of amides is 1. The molecular formula is C24H23NO4. The van der Waals surface area contributed by atoms with Crippen LogP contribution in [0.5, 0.6) is 11.5 Å². The average molecular weight is 389 g/mol. The Labute approximate surface area is 170 Å². The number of para-hydroxylation sites is 1. The Kier molecular flexibility index (Phi) is 6.63. The molecule has 5 nitrogen and oxygen atoms in total. The summed E-state index contributed by atoms with van der Waals surface area (Å²) in [4.78, 5) is 26.6. The van der Waals surface area contributed by atoms with Crippen molar-refractivity contribution in [2.75, 3.05) is 7.05 Å². The second-order valence-corrected chi connectivity index (χ2v) is 6.67. The van der Waals surface area contributed by atoms with Gasteiger partial charge in [-0.3, -0.25) is 4.79 Å². The van der Waals surface area contributed by atoms with Crippen molar-refractivity contribution in [1.82, 2.24) is 4.90 Å². The molecule has 0 aliphatic rings. The summed E-state index contributed by atoms with van der Waals surface area (Å²) in [5.74, 6) is 0.353. The lowest BCUT2D eigenvalue weighted by molar-refractivity contribution is -0.139. The largest absolute Gasteiger partial charge is 0.457 e. The minimum atomic E-state index is -0.894. The molecule has 29 heavy (non-hydrogen) atoms. The van der Waals surface area contributed by atoms with Crippen molar-refractivity contribution in [3.8, 4) is 11.5 Å². The number of likely N-dealkylation sites (N-methyl/N-ethyl adjacent to an activating group) is 1. The molecule has 0 aliphatic carbocycles. The molecule has 3 rings (SSSR count). The maximum absolute atomic E-state index is 12.5. The number of carbonyl (C=O) groups excluding carboxylic acids is 2. The highest BCUT2D eigenvalue weighted by Crippen LogP contribution is 2.22. The van der Waals surface area contributed by atoms with Gasteiger partial charge in [0.05, 0.1) is 5.56 Å². The smallest absolute Gasteiger partial charge is 0.339 e. The lowest BCUT2D eigenvalue weighted by atomic mass is 10.2. The number of rotatable bonds is 7. The summed E-state index contributed by atoms with van der Waals surface area (Å²) in [6.45, 7) is 2.02. The van der Waals surface area contributed by atoms with E-state index in [1.54, 1.807) is 43.1 Å². The van der Waals surface area contributed by atoms with E-state index in [0.717, 1.165) is 5.56 Å². The van der Waals surface area contributed by atoms with Crippen LogP contribution in [0.4, 0.5) is 0 Å². The van der Waals surface area contributed by atoms with Gasteiger partial charge >= 0.3 is 5.97 Å². The quantitative estimate of drug-likeness (QED) is 0.551. The van der Waals surface area contributed by atoms with E-state index in [0.29, 0.717) is 23.6 Å². The van der Waals surface area contributed by atoms with Crippen molar-refractivity contribution in [3.63, 3.8) is 0 Å². The first-order valence-electron chi connectivity index (χ1n) is 9.36. The molecular weight excluding hydrogens is 366 g/mol. The zero-order chi connectivity index (χ0) is 20.6. The molecule has 1 amide bonds. The van der Waals surface area contributed by atoms with Crippen LogP contribution in [-0.2, 0) is 16.1 Å². The molecule has 3 aromatic carbocycles. The highest BCUT2D eigenvalue weighted by molar-refractivity contribution is 5.92. The summed E-state index contributed by atoms with van der Waals surface area (Å²) in [6, 6.07) is 25.6. The first-order chi connectivity index (χ1) is 14.0. The second kappa shape index (κ2) is 9.55. The van der Waals surface area contributed by atoms with Crippen molar-refractivity contribution < 1.29 is 19.1 Å². The van der Waals surface area contributed by atoms with Crippen LogP contribution in [-0.4, -0.2) is 29.9 Å². The van der Waals surface area contributed by atoms with E-state index in [2.05, 4.69) is 0 Å². The molecule has 0 radical (unpaired) electrons. The molecule has 0 N–H and O–H groups in total. The fraction of sp³-hybridized carbons (Fsp3) is 0.167. The van der Waals surface area contributed by atoms with Gasteiger partial charge in [-0.15, -0.1) is 0 Å². The molecule has 1 atom stereocenters. The van der Waals surface area contributed by atoms with Crippen molar-refractivity contribution in [3.05, 3.63) is 96.1 Å². The molecule has 0 aliphatic heterocycles. The maximum atomic E-state index is 12.5. The van der Waals surface area contributed by atoms with Crippen molar-refractivity contribution in [2.45, 2.75) is 19.6 Å². The number of ether oxygens (including phenoxy) is 2. The zero-order valence-electron chi connectivity index (χ0n) is 16.4. The predicted octanol–water partition coefficient (Wildman–Crippen LogP) is 4.68. The molecule has 0 bridgehead atoms. The first-order valence-corrected chi connectivity index (χ1v) is 9.36. The topological polar surface area (TPSA) is 55.8 Å². The third kappa shape index (κ3) is 5.69. The van der Waals surface area contributed by atoms with Gasteiger partial charge in [0.1, 0.15) is 11.5 Å². The van der Waals surface area contributed by atoms with Crippen LogP contribution in [0.1, 0.15) is 22.8 Å². The van der Waals surface area contributed by atoms with Crippen molar-refractivity contribution in [1.29, 1.82) is 0 Å². The Bertz CT molecular complexity index is 957. The number of nitrogens with zero attached hydrogens (tertiary/aromatic N) is 1. The minimum absolute atomic E-state index is 0.265. The van der Waals surface area contributed by atoms with Gasteiger partial charge in [-0.05, 0) is 42.8 Å². The SMILES string of the molecule is C[C@H](OC(=O)c1cccc(Oc2ccccc2)c1)C(=O)N(C)Cc1ccccc1. The Hall–Kier alpha value is -3.60. The average Bonchev–Trinajstić information content (AvgIpc) is 2.74. The van der Waals surface area contributed by atoms with E-state index < -0.39 is 12.1 Å². The molecule has 0 spiro atoms. The monoisotopic (exact) mass is 389 g/mol. The van der Waals surface area contributed by atoms with Crippen LogP contribution < -0.4 is 4.74 Å².